The summed E-state index contributed by atoms with van der Waals surface area (Å²) >= 11 is 0. The average molecular weight is 317 g/mol. The highest BCUT2D eigenvalue weighted by atomic mass is 16.5. The smallest absolute Gasteiger partial charge is 0.241 e. The maximum atomic E-state index is 5.73. The molecule has 1 aliphatic rings. The lowest BCUT2D eigenvalue weighted by Gasteiger charge is -2.37. The second kappa shape index (κ2) is 7.10. The van der Waals surface area contributed by atoms with Crippen LogP contribution in [-0.2, 0) is 11.3 Å². The lowest BCUT2D eigenvalue weighted by atomic mass is 10.1. The van der Waals surface area contributed by atoms with Crippen LogP contribution in [-0.4, -0.2) is 47.4 Å². The summed E-state index contributed by atoms with van der Waals surface area (Å²) in [5.74, 6) is 2.06. The van der Waals surface area contributed by atoms with Crippen LogP contribution in [0.2, 0.25) is 0 Å². The van der Waals surface area contributed by atoms with Gasteiger partial charge in [-0.05, 0) is 37.6 Å². The van der Waals surface area contributed by atoms with E-state index >= 15 is 0 Å². The number of aromatic nitrogens is 2. The van der Waals surface area contributed by atoms with Crippen molar-refractivity contribution in [3.63, 3.8) is 0 Å². The molecule has 23 heavy (non-hydrogen) atoms. The van der Waals surface area contributed by atoms with Crippen molar-refractivity contribution in [3.05, 3.63) is 30.2 Å². The molecule has 1 saturated heterocycles. The van der Waals surface area contributed by atoms with Crippen LogP contribution in [0.4, 0.5) is 0 Å². The van der Waals surface area contributed by atoms with Gasteiger partial charge in [-0.3, -0.25) is 4.90 Å². The molecular formula is C17H23N3O3. The minimum atomic E-state index is 0.238. The van der Waals surface area contributed by atoms with Crippen LogP contribution < -0.4 is 4.74 Å². The molecule has 0 spiro atoms. The Morgan fingerprint density at radius 2 is 2.09 bits per heavy atom. The standard InChI is InChI=1S/C17H23N3O3/c1-4-14-11-22-12(2)9-20(14)10-16-18-17(19-23-16)13-5-7-15(21-3)8-6-13/h5-8,12,14H,4,9-11H2,1-3H3/t12-,14+/m1/s1. The number of ether oxygens (including phenoxy) is 2. The first-order valence-electron chi connectivity index (χ1n) is 8.02. The fraction of sp³-hybridized carbons (Fsp3) is 0.529. The Morgan fingerprint density at radius 3 is 2.78 bits per heavy atom. The van der Waals surface area contributed by atoms with Gasteiger partial charge < -0.3 is 14.0 Å². The molecule has 3 rings (SSSR count). The summed E-state index contributed by atoms with van der Waals surface area (Å²) in [6, 6.07) is 8.05. The van der Waals surface area contributed by atoms with E-state index in [0.717, 1.165) is 30.9 Å². The molecule has 2 aromatic rings. The van der Waals surface area contributed by atoms with E-state index in [0.29, 0.717) is 24.3 Å². The number of nitrogens with zero attached hydrogens (tertiary/aromatic N) is 3. The lowest BCUT2D eigenvalue weighted by Crippen LogP contribution is -2.47. The quantitative estimate of drug-likeness (QED) is 0.845. The van der Waals surface area contributed by atoms with Gasteiger partial charge in [0.25, 0.3) is 0 Å². The van der Waals surface area contributed by atoms with E-state index in [2.05, 4.69) is 28.9 Å². The van der Waals surface area contributed by atoms with Crippen molar-refractivity contribution in [1.82, 2.24) is 15.0 Å². The molecule has 0 amide bonds. The Kier molecular flexibility index (Phi) is 4.93. The molecule has 0 N–H and O–H groups in total. The fourth-order valence-corrected chi connectivity index (χ4v) is 2.83. The van der Waals surface area contributed by atoms with Gasteiger partial charge in [0.05, 0.1) is 26.4 Å². The largest absolute Gasteiger partial charge is 0.497 e. The number of morpholine rings is 1. The lowest BCUT2D eigenvalue weighted by molar-refractivity contribution is -0.0620. The van der Waals surface area contributed by atoms with Crippen molar-refractivity contribution < 1.29 is 14.0 Å². The number of hydrogen-bond donors (Lipinski definition) is 0. The van der Waals surface area contributed by atoms with Crippen LogP contribution >= 0.6 is 0 Å². The van der Waals surface area contributed by atoms with Crippen LogP contribution in [0.15, 0.2) is 28.8 Å². The summed E-state index contributed by atoms with van der Waals surface area (Å²) in [6.07, 6.45) is 1.29. The van der Waals surface area contributed by atoms with E-state index < -0.39 is 0 Å². The maximum absolute atomic E-state index is 5.73. The topological polar surface area (TPSA) is 60.6 Å². The van der Waals surface area contributed by atoms with Gasteiger partial charge in [-0.1, -0.05) is 12.1 Å². The highest BCUT2D eigenvalue weighted by Crippen LogP contribution is 2.21. The normalized spacial score (nSPS) is 22.2. The first kappa shape index (κ1) is 16.0. The molecule has 0 bridgehead atoms. The van der Waals surface area contributed by atoms with Gasteiger partial charge in [0.1, 0.15) is 5.75 Å². The van der Waals surface area contributed by atoms with Crippen molar-refractivity contribution in [2.75, 3.05) is 20.3 Å². The van der Waals surface area contributed by atoms with Gasteiger partial charge in [0.15, 0.2) is 0 Å². The first-order valence-corrected chi connectivity index (χ1v) is 8.02. The van der Waals surface area contributed by atoms with Gasteiger partial charge >= 0.3 is 0 Å². The Labute approximate surface area is 136 Å². The highest BCUT2D eigenvalue weighted by molar-refractivity contribution is 5.55. The molecule has 1 fully saturated rings. The monoisotopic (exact) mass is 317 g/mol. The maximum Gasteiger partial charge on any atom is 0.241 e. The number of hydrogen-bond acceptors (Lipinski definition) is 6. The van der Waals surface area contributed by atoms with E-state index in [-0.39, 0.29) is 6.10 Å². The summed E-state index contributed by atoms with van der Waals surface area (Å²) < 4.78 is 16.3. The van der Waals surface area contributed by atoms with Gasteiger partial charge in [-0.2, -0.15) is 4.98 Å². The Balaban J connectivity index is 1.70. The second-order valence-electron chi connectivity index (χ2n) is 5.88. The minimum absolute atomic E-state index is 0.238. The van der Waals surface area contributed by atoms with Crippen LogP contribution in [0.25, 0.3) is 11.4 Å². The Bertz CT molecular complexity index is 626. The molecule has 1 aromatic carbocycles. The number of methoxy groups -OCH3 is 1. The average Bonchev–Trinajstić information content (AvgIpc) is 3.04. The molecule has 0 unspecified atom stereocenters. The van der Waals surface area contributed by atoms with Crippen molar-refractivity contribution in [3.8, 4) is 17.1 Å². The molecule has 124 valence electrons. The van der Waals surface area contributed by atoms with Gasteiger partial charge in [0.2, 0.25) is 11.7 Å². The van der Waals surface area contributed by atoms with Gasteiger partial charge in [-0.15, -0.1) is 0 Å². The SMILES string of the molecule is CC[C@H]1CO[C@H](C)CN1Cc1nc(-c2ccc(OC)cc2)no1. The third kappa shape index (κ3) is 3.71. The second-order valence-corrected chi connectivity index (χ2v) is 5.88. The molecule has 6 heteroatoms. The predicted molar refractivity (Wildman–Crippen MR) is 86.2 cm³/mol. The first-order chi connectivity index (χ1) is 11.2. The molecule has 0 saturated carbocycles. The summed E-state index contributed by atoms with van der Waals surface area (Å²) in [5.41, 5.74) is 0.920. The predicted octanol–water partition coefficient (Wildman–Crippen LogP) is 2.74. The third-order valence-corrected chi connectivity index (χ3v) is 4.21. The molecule has 1 aromatic heterocycles. The van der Waals surface area contributed by atoms with E-state index in [9.17, 15) is 0 Å². The summed E-state index contributed by atoms with van der Waals surface area (Å²) in [6.45, 7) is 6.58. The van der Waals surface area contributed by atoms with Crippen LogP contribution in [0.1, 0.15) is 26.2 Å². The zero-order valence-electron chi connectivity index (χ0n) is 13.9. The Hall–Kier alpha value is -1.92. The van der Waals surface area contributed by atoms with E-state index in [1.807, 2.05) is 24.3 Å². The molecule has 2 atom stereocenters. The van der Waals surface area contributed by atoms with Gasteiger partial charge in [-0.25, -0.2) is 0 Å². The van der Waals surface area contributed by atoms with Crippen molar-refractivity contribution in [2.24, 2.45) is 0 Å². The number of benzene rings is 1. The molecular weight excluding hydrogens is 294 g/mol. The molecule has 0 aliphatic carbocycles. The van der Waals surface area contributed by atoms with Crippen molar-refractivity contribution >= 4 is 0 Å². The van der Waals surface area contributed by atoms with Crippen molar-refractivity contribution in [1.29, 1.82) is 0 Å². The third-order valence-electron chi connectivity index (χ3n) is 4.21. The molecule has 2 heterocycles. The van der Waals surface area contributed by atoms with E-state index in [4.69, 9.17) is 14.0 Å². The van der Waals surface area contributed by atoms with Crippen LogP contribution in [0.5, 0.6) is 5.75 Å². The zero-order valence-corrected chi connectivity index (χ0v) is 13.9. The fourth-order valence-electron chi connectivity index (χ4n) is 2.83. The van der Waals surface area contributed by atoms with Crippen LogP contribution in [0.3, 0.4) is 0 Å². The van der Waals surface area contributed by atoms with E-state index in [1.165, 1.54) is 0 Å². The van der Waals surface area contributed by atoms with Crippen LogP contribution in [0, 0.1) is 0 Å². The van der Waals surface area contributed by atoms with Gasteiger partial charge in [0, 0.05) is 18.2 Å². The molecule has 0 radical (unpaired) electrons. The minimum Gasteiger partial charge on any atom is -0.497 e. The molecule has 6 nitrogen and oxygen atoms in total. The molecule has 1 aliphatic heterocycles. The van der Waals surface area contributed by atoms with E-state index in [1.54, 1.807) is 7.11 Å². The summed E-state index contributed by atoms with van der Waals surface area (Å²) in [7, 11) is 1.65. The van der Waals surface area contributed by atoms with Crippen molar-refractivity contribution in [2.45, 2.75) is 39.0 Å². The number of rotatable bonds is 5. The summed E-state index contributed by atoms with van der Waals surface area (Å²) in [4.78, 5) is 6.88. The zero-order chi connectivity index (χ0) is 16.2. The Morgan fingerprint density at radius 1 is 1.30 bits per heavy atom. The highest BCUT2D eigenvalue weighted by Gasteiger charge is 2.27. The summed E-state index contributed by atoms with van der Waals surface area (Å²) in [5, 5.41) is 4.09.